The summed E-state index contributed by atoms with van der Waals surface area (Å²) in [4.78, 5) is 2.38. The number of hydrogen-bond donors (Lipinski definition) is 1. The molecule has 1 heterocycles. The lowest BCUT2D eigenvalue weighted by Crippen LogP contribution is -2.40. The predicted molar refractivity (Wildman–Crippen MR) is 113 cm³/mol. The standard InChI is InChI=1S/C21H25Cl2FN2O3/c1-27-20-11-15(13-25-4-5-26-6-8-28-9-7-26)10-19(23)21(20)29-14-16-2-3-17(24)12-18(16)22/h2-3,10-12,25H,4-9,13-14H2,1H3. The lowest BCUT2D eigenvalue weighted by molar-refractivity contribution is 0.0384. The average Bonchev–Trinajstić information content (AvgIpc) is 2.72. The summed E-state index contributed by atoms with van der Waals surface area (Å²) in [5.74, 6) is 0.590. The SMILES string of the molecule is COc1cc(CNCCN2CCOCC2)cc(Cl)c1OCc1ccc(F)cc1Cl. The van der Waals surface area contributed by atoms with E-state index in [1.807, 2.05) is 12.1 Å². The van der Waals surface area contributed by atoms with Crippen LogP contribution < -0.4 is 14.8 Å². The van der Waals surface area contributed by atoms with Crippen LogP contribution in [0.15, 0.2) is 30.3 Å². The van der Waals surface area contributed by atoms with E-state index >= 15 is 0 Å². The molecule has 29 heavy (non-hydrogen) atoms. The molecule has 158 valence electrons. The number of morpholine rings is 1. The fraction of sp³-hybridized carbons (Fsp3) is 0.429. The highest BCUT2D eigenvalue weighted by molar-refractivity contribution is 6.32. The molecular formula is C21H25Cl2FN2O3. The van der Waals surface area contributed by atoms with Gasteiger partial charge >= 0.3 is 0 Å². The highest BCUT2D eigenvalue weighted by Crippen LogP contribution is 2.37. The van der Waals surface area contributed by atoms with Crippen molar-refractivity contribution >= 4 is 23.2 Å². The van der Waals surface area contributed by atoms with Crippen molar-refractivity contribution in [2.75, 3.05) is 46.5 Å². The summed E-state index contributed by atoms with van der Waals surface area (Å²) < 4.78 is 29.8. The third-order valence-electron chi connectivity index (χ3n) is 4.71. The number of methoxy groups -OCH3 is 1. The molecule has 0 unspecified atom stereocenters. The van der Waals surface area contributed by atoms with Gasteiger partial charge in [0.05, 0.1) is 30.4 Å². The van der Waals surface area contributed by atoms with Crippen molar-refractivity contribution in [2.45, 2.75) is 13.2 Å². The van der Waals surface area contributed by atoms with Gasteiger partial charge in [-0.3, -0.25) is 4.90 Å². The molecule has 3 rings (SSSR count). The predicted octanol–water partition coefficient (Wildman–Crippen LogP) is 4.14. The number of halogens is 3. The normalized spacial score (nSPS) is 14.8. The fourth-order valence-corrected chi connectivity index (χ4v) is 3.61. The molecule has 1 N–H and O–H groups in total. The van der Waals surface area contributed by atoms with E-state index in [0.29, 0.717) is 33.7 Å². The third kappa shape index (κ3) is 6.46. The summed E-state index contributed by atoms with van der Waals surface area (Å²) >= 11 is 12.5. The second-order valence-electron chi connectivity index (χ2n) is 6.76. The Labute approximate surface area is 180 Å². The summed E-state index contributed by atoms with van der Waals surface area (Å²) in [5, 5.41) is 4.19. The minimum absolute atomic E-state index is 0.159. The summed E-state index contributed by atoms with van der Waals surface area (Å²) in [7, 11) is 1.57. The van der Waals surface area contributed by atoms with E-state index in [1.54, 1.807) is 13.2 Å². The molecule has 0 spiro atoms. The molecule has 0 atom stereocenters. The Balaban J connectivity index is 1.56. The van der Waals surface area contributed by atoms with Gasteiger partial charge in [-0.15, -0.1) is 0 Å². The van der Waals surface area contributed by atoms with Gasteiger partial charge in [0, 0.05) is 38.3 Å². The van der Waals surface area contributed by atoms with E-state index in [-0.39, 0.29) is 12.4 Å². The maximum atomic E-state index is 13.2. The summed E-state index contributed by atoms with van der Waals surface area (Å²) in [6.45, 7) is 6.25. The molecule has 2 aromatic carbocycles. The molecule has 1 aliphatic rings. The monoisotopic (exact) mass is 442 g/mol. The first kappa shape index (κ1) is 22.1. The maximum absolute atomic E-state index is 13.2. The summed E-state index contributed by atoms with van der Waals surface area (Å²) in [6, 6.07) is 7.94. The topological polar surface area (TPSA) is 43.0 Å². The number of nitrogens with zero attached hydrogens (tertiary/aromatic N) is 1. The van der Waals surface area contributed by atoms with E-state index < -0.39 is 0 Å². The van der Waals surface area contributed by atoms with Gasteiger partial charge in [0.15, 0.2) is 11.5 Å². The molecule has 0 radical (unpaired) electrons. The highest BCUT2D eigenvalue weighted by Gasteiger charge is 2.14. The minimum atomic E-state index is -0.389. The maximum Gasteiger partial charge on any atom is 0.180 e. The number of hydrogen-bond acceptors (Lipinski definition) is 5. The van der Waals surface area contributed by atoms with Crippen LogP contribution in [0.1, 0.15) is 11.1 Å². The van der Waals surface area contributed by atoms with Gasteiger partial charge in [-0.1, -0.05) is 29.3 Å². The Morgan fingerprint density at radius 1 is 1.14 bits per heavy atom. The van der Waals surface area contributed by atoms with E-state index in [0.717, 1.165) is 45.0 Å². The largest absolute Gasteiger partial charge is 0.493 e. The van der Waals surface area contributed by atoms with Crippen molar-refractivity contribution in [3.8, 4) is 11.5 Å². The molecule has 5 nitrogen and oxygen atoms in total. The smallest absolute Gasteiger partial charge is 0.180 e. The second kappa shape index (κ2) is 11.0. The van der Waals surface area contributed by atoms with Gasteiger partial charge in [0.25, 0.3) is 0 Å². The zero-order valence-electron chi connectivity index (χ0n) is 16.3. The summed E-state index contributed by atoms with van der Waals surface area (Å²) in [5.41, 5.74) is 1.67. The number of benzene rings is 2. The van der Waals surface area contributed by atoms with Crippen molar-refractivity contribution in [1.29, 1.82) is 0 Å². The second-order valence-corrected chi connectivity index (χ2v) is 7.58. The molecule has 8 heteroatoms. The van der Waals surface area contributed by atoms with Crippen LogP contribution in [-0.2, 0) is 17.9 Å². The van der Waals surface area contributed by atoms with Crippen LogP contribution in [0.2, 0.25) is 10.0 Å². The van der Waals surface area contributed by atoms with E-state index in [1.165, 1.54) is 12.1 Å². The van der Waals surface area contributed by atoms with Crippen LogP contribution in [0, 0.1) is 5.82 Å². The molecule has 1 saturated heterocycles. The third-order valence-corrected chi connectivity index (χ3v) is 5.35. The van der Waals surface area contributed by atoms with Crippen molar-refractivity contribution in [2.24, 2.45) is 0 Å². The van der Waals surface area contributed by atoms with Crippen LogP contribution in [0.5, 0.6) is 11.5 Å². The molecule has 1 aliphatic heterocycles. The highest BCUT2D eigenvalue weighted by atomic mass is 35.5. The number of ether oxygens (including phenoxy) is 3. The molecule has 2 aromatic rings. The molecule has 0 aliphatic carbocycles. The zero-order chi connectivity index (χ0) is 20.6. The van der Waals surface area contributed by atoms with Crippen molar-refractivity contribution in [3.63, 3.8) is 0 Å². The Kier molecular flexibility index (Phi) is 8.39. The van der Waals surface area contributed by atoms with E-state index in [4.69, 9.17) is 37.4 Å². The minimum Gasteiger partial charge on any atom is -0.493 e. The quantitative estimate of drug-likeness (QED) is 0.591. The van der Waals surface area contributed by atoms with Gasteiger partial charge in [0.1, 0.15) is 12.4 Å². The molecule has 1 fully saturated rings. The van der Waals surface area contributed by atoms with Crippen LogP contribution >= 0.6 is 23.2 Å². The summed E-state index contributed by atoms with van der Waals surface area (Å²) in [6.07, 6.45) is 0. The fourth-order valence-electron chi connectivity index (χ4n) is 3.10. The van der Waals surface area contributed by atoms with Crippen LogP contribution in [0.4, 0.5) is 4.39 Å². The average molecular weight is 443 g/mol. The molecule has 0 aromatic heterocycles. The van der Waals surface area contributed by atoms with E-state index in [2.05, 4.69) is 10.2 Å². The lowest BCUT2D eigenvalue weighted by Gasteiger charge is -2.26. The van der Waals surface area contributed by atoms with Crippen molar-refractivity contribution < 1.29 is 18.6 Å². The van der Waals surface area contributed by atoms with Crippen LogP contribution in [0.25, 0.3) is 0 Å². The first-order valence-corrected chi connectivity index (χ1v) is 10.3. The Morgan fingerprint density at radius 2 is 1.93 bits per heavy atom. The Hall–Kier alpha value is -1.57. The van der Waals surface area contributed by atoms with Crippen LogP contribution in [-0.4, -0.2) is 51.4 Å². The lowest BCUT2D eigenvalue weighted by atomic mass is 10.2. The van der Waals surface area contributed by atoms with Gasteiger partial charge in [-0.25, -0.2) is 4.39 Å². The molecular weight excluding hydrogens is 418 g/mol. The zero-order valence-corrected chi connectivity index (χ0v) is 17.9. The Morgan fingerprint density at radius 3 is 2.66 bits per heavy atom. The van der Waals surface area contributed by atoms with Gasteiger partial charge < -0.3 is 19.5 Å². The Bertz CT molecular complexity index is 817. The molecule has 0 amide bonds. The van der Waals surface area contributed by atoms with Crippen molar-refractivity contribution in [3.05, 3.63) is 57.3 Å². The van der Waals surface area contributed by atoms with Crippen LogP contribution in [0.3, 0.4) is 0 Å². The molecule has 0 saturated carbocycles. The van der Waals surface area contributed by atoms with E-state index in [9.17, 15) is 4.39 Å². The van der Waals surface area contributed by atoms with Gasteiger partial charge in [-0.2, -0.15) is 0 Å². The number of rotatable bonds is 9. The first-order valence-electron chi connectivity index (χ1n) is 9.51. The van der Waals surface area contributed by atoms with Gasteiger partial charge in [0.2, 0.25) is 0 Å². The molecule has 0 bridgehead atoms. The number of nitrogens with one attached hydrogen (secondary N) is 1. The first-order chi connectivity index (χ1) is 14.1. The van der Waals surface area contributed by atoms with Crippen molar-refractivity contribution in [1.82, 2.24) is 10.2 Å². The van der Waals surface area contributed by atoms with Gasteiger partial charge in [-0.05, 0) is 29.8 Å².